The minimum Gasteiger partial charge on any atom is -0.465 e. The molecule has 0 aliphatic heterocycles. The average molecular weight is 544 g/mol. The van der Waals surface area contributed by atoms with Gasteiger partial charge in [0.15, 0.2) is 0 Å². The molecule has 2 aromatic carbocycles. The number of rotatable bonds is 11. The lowest BCUT2D eigenvalue weighted by molar-refractivity contribution is 0.0599. The van der Waals surface area contributed by atoms with Gasteiger partial charge in [-0.15, -0.1) is 17.5 Å². The van der Waals surface area contributed by atoms with Crippen LogP contribution in [0.4, 0.5) is 0 Å². The lowest BCUT2D eigenvalue weighted by Crippen LogP contribution is -2.14. The molecular weight excluding hydrogens is 518 g/mol. The number of methoxy groups -OCH3 is 2. The van der Waals surface area contributed by atoms with Crippen LogP contribution in [0.5, 0.6) is 0 Å². The van der Waals surface area contributed by atoms with Crippen molar-refractivity contribution in [3.8, 4) is 17.0 Å². The van der Waals surface area contributed by atoms with E-state index >= 15 is 0 Å². The van der Waals surface area contributed by atoms with Gasteiger partial charge in [-0.1, -0.05) is 30.0 Å². The van der Waals surface area contributed by atoms with E-state index in [2.05, 4.69) is 20.8 Å². The Morgan fingerprint density at radius 2 is 1.70 bits per heavy atom. The molecule has 12 heteroatoms. The maximum atomic E-state index is 12.0. The van der Waals surface area contributed by atoms with E-state index in [1.54, 1.807) is 34.6 Å². The van der Waals surface area contributed by atoms with Crippen LogP contribution in [0.1, 0.15) is 32.9 Å². The number of tetrazole rings is 1. The molecule has 4 rings (SSSR count). The number of nitrogens with zero attached hydrogens (tertiary/aromatic N) is 4. The number of ether oxygens (including phenoxy) is 2. The van der Waals surface area contributed by atoms with Crippen molar-refractivity contribution in [2.24, 2.45) is 0 Å². The van der Waals surface area contributed by atoms with Gasteiger partial charge in [-0.3, -0.25) is 0 Å². The number of carbonyl (C=O) groups is 2. The summed E-state index contributed by atoms with van der Waals surface area (Å²) in [6.07, 6.45) is 0.906. The van der Waals surface area contributed by atoms with Gasteiger partial charge in [0.25, 0.3) is 0 Å². The Morgan fingerprint density at radius 1 is 1.00 bits per heavy atom. The van der Waals surface area contributed by atoms with E-state index in [0.717, 1.165) is 35.3 Å². The number of hydrogen-bond acceptors (Lipinski definition) is 10. The predicted octanol–water partition coefficient (Wildman–Crippen LogP) is 4.19. The highest BCUT2D eigenvalue weighted by molar-refractivity contribution is 7.99. The molecule has 0 atom stereocenters. The molecule has 0 saturated heterocycles. The summed E-state index contributed by atoms with van der Waals surface area (Å²) in [6, 6.07) is 18.1. The number of nitrogens with one attached hydrogen (secondary N) is 1. The van der Waals surface area contributed by atoms with Crippen LogP contribution < -0.4 is 5.32 Å². The van der Waals surface area contributed by atoms with Crippen molar-refractivity contribution >= 4 is 36.1 Å². The zero-order valence-electron chi connectivity index (χ0n) is 20.2. The minimum absolute atomic E-state index is 0. The fraction of sp³-hybridized carbons (Fsp3) is 0.240. The Morgan fingerprint density at radius 3 is 2.38 bits per heavy atom. The van der Waals surface area contributed by atoms with E-state index in [4.69, 9.17) is 13.9 Å². The number of esters is 2. The minimum atomic E-state index is -0.550. The normalized spacial score (nSPS) is 10.5. The first-order valence-electron chi connectivity index (χ1n) is 11.2. The van der Waals surface area contributed by atoms with Crippen LogP contribution in [0.3, 0.4) is 0 Å². The molecular formula is C25H26ClN5O5S. The zero-order chi connectivity index (χ0) is 25.3. The van der Waals surface area contributed by atoms with E-state index in [1.165, 1.54) is 20.3 Å². The van der Waals surface area contributed by atoms with Gasteiger partial charge in [-0.25, -0.2) is 9.59 Å². The van der Waals surface area contributed by atoms with Crippen LogP contribution in [0.2, 0.25) is 0 Å². The number of carbonyl (C=O) groups excluding carboxylic acids is 2. The van der Waals surface area contributed by atoms with Gasteiger partial charge in [0.05, 0.1) is 37.6 Å². The van der Waals surface area contributed by atoms with Crippen LogP contribution in [0, 0.1) is 0 Å². The summed E-state index contributed by atoms with van der Waals surface area (Å²) in [4.78, 5) is 24.1. The number of furan rings is 1. The van der Waals surface area contributed by atoms with Crippen molar-refractivity contribution < 1.29 is 23.5 Å². The van der Waals surface area contributed by atoms with Crippen molar-refractivity contribution in [1.29, 1.82) is 0 Å². The highest BCUT2D eigenvalue weighted by Gasteiger charge is 2.16. The van der Waals surface area contributed by atoms with Crippen LogP contribution in [-0.4, -0.2) is 58.7 Å². The molecule has 0 unspecified atom stereocenters. The van der Waals surface area contributed by atoms with Crippen molar-refractivity contribution in [3.63, 3.8) is 0 Å². The van der Waals surface area contributed by atoms with Crippen molar-refractivity contribution in [3.05, 3.63) is 77.6 Å². The maximum absolute atomic E-state index is 12.0. The van der Waals surface area contributed by atoms with E-state index in [1.807, 2.05) is 36.4 Å². The standard InChI is InChI=1S/C25H25N5O5S.ClH/c1-33-23(31)18-13-17(14-19(15-18)24(32)34-2)22-10-9-21(35-22)16-26-11-6-12-36-25-27-28-29-30(25)20-7-4-3-5-8-20;/h3-5,7-10,13-15,26H,6,11-12,16H2,1-2H3;1H. The van der Waals surface area contributed by atoms with Crippen LogP contribution >= 0.6 is 24.2 Å². The SMILES string of the molecule is COC(=O)c1cc(C(=O)OC)cc(-c2ccc(CNCCCSc3nnnn3-c3ccccc3)o2)c1.Cl. The molecule has 0 saturated carbocycles. The molecule has 0 radical (unpaired) electrons. The first-order valence-corrected chi connectivity index (χ1v) is 12.2. The van der Waals surface area contributed by atoms with Crippen molar-refractivity contribution in [1.82, 2.24) is 25.5 Å². The Labute approximate surface area is 224 Å². The molecule has 0 aliphatic rings. The number of para-hydroxylation sites is 1. The lowest BCUT2D eigenvalue weighted by atomic mass is 10.0. The molecule has 4 aromatic rings. The zero-order valence-corrected chi connectivity index (χ0v) is 21.9. The second kappa shape index (κ2) is 13.6. The van der Waals surface area contributed by atoms with Gasteiger partial charge in [0.2, 0.25) is 5.16 Å². The third kappa shape index (κ3) is 7.19. The number of aromatic nitrogens is 4. The summed E-state index contributed by atoms with van der Waals surface area (Å²) in [5.74, 6) is 1.01. The second-order valence-corrected chi connectivity index (χ2v) is 8.70. The number of benzene rings is 2. The van der Waals surface area contributed by atoms with E-state index in [-0.39, 0.29) is 23.5 Å². The Hall–Kier alpha value is -3.67. The summed E-state index contributed by atoms with van der Waals surface area (Å²) in [7, 11) is 2.57. The number of hydrogen-bond donors (Lipinski definition) is 1. The topological polar surface area (TPSA) is 121 Å². The van der Waals surface area contributed by atoms with E-state index in [0.29, 0.717) is 17.9 Å². The molecule has 0 aliphatic carbocycles. The molecule has 194 valence electrons. The van der Waals surface area contributed by atoms with Gasteiger partial charge >= 0.3 is 11.9 Å². The summed E-state index contributed by atoms with van der Waals surface area (Å²) >= 11 is 1.59. The molecule has 0 spiro atoms. The molecule has 0 bridgehead atoms. The van der Waals surface area contributed by atoms with E-state index < -0.39 is 11.9 Å². The molecule has 0 amide bonds. The largest absolute Gasteiger partial charge is 0.465 e. The lowest BCUT2D eigenvalue weighted by Gasteiger charge is -2.07. The fourth-order valence-electron chi connectivity index (χ4n) is 3.44. The third-order valence-electron chi connectivity index (χ3n) is 5.19. The summed E-state index contributed by atoms with van der Waals surface area (Å²) in [5.41, 5.74) is 1.98. The Kier molecular flexibility index (Phi) is 10.2. The van der Waals surface area contributed by atoms with E-state index in [9.17, 15) is 9.59 Å². The van der Waals surface area contributed by atoms with Crippen molar-refractivity contribution in [2.75, 3.05) is 26.5 Å². The quantitative estimate of drug-likeness (QED) is 0.167. The smallest absolute Gasteiger partial charge is 0.337 e. The highest BCUT2D eigenvalue weighted by Crippen LogP contribution is 2.26. The van der Waals surface area contributed by atoms with Crippen LogP contribution in [0.15, 0.2) is 70.2 Å². The number of thioether (sulfide) groups is 1. The highest BCUT2D eigenvalue weighted by atomic mass is 35.5. The average Bonchev–Trinajstić information content (AvgIpc) is 3.60. The molecule has 2 heterocycles. The van der Waals surface area contributed by atoms with Gasteiger partial charge in [0, 0.05) is 11.3 Å². The van der Waals surface area contributed by atoms with Gasteiger partial charge in [0.1, 0.15) is 11.5 Å². The maximum Gasteiger partial charge on any atom is 0.337 e. The first-order chi connectivity index (χ1) is 17.6. The molecule has 0 fully saturated rings. The fourth-order valence-corrected chi connectivity index (χ4v) is 4.27. The summed E-state index contributed by atoms with van der Waals surface area (Å²) in [6.45, 7) is 1.31. The molecule has 37 heavy (non-hydrogen) atoms. The van der Waals surface area contributed by atoms with Gasteiger partial charge in [-0.05, 0) is 65.9 Å². The molecule has 2 aromatic heterocycles. The Balaban J connectivity index is 0.00000380. The summed E-state index contributed by atoms with van der Waals surface area (Å²) in [5, 5.41) is 16.1. The van der Waals surface area contributed by atoms with Gasteiger partial charge in [-0.2, -0.15) is 4.68 Å². The first kappa shape index (κ1) is 27.9. The molecule has 1 N–H and O–H groups in total. The van der Waals surface area contributed by atoms with Gasteiger partial charge < -0.3 is 19.2 Å². The Bertz CT molecular complexity index is 1290. The van der Waals surface area contributed by atoms with Crippen molar-refractivity contribution in [2.45, 2.75) is 18.1 Å². The van der Waals surface area contributed by atoms with Crippen LogP contribution in [-0.2, 0) is 16.0 Å². The molecule has 10 nitrogen and oxygen atoms in total. The van der Waals surface area contributed by atoms with Crippen LogP contribution in [0.25, 0.3) is 17.0 Å². The second-order valence-electron chi connectivity index (χ2n) is 7.64. The monoisotopic (exact) mass is 543 g/mol. The summed E-state index contributed by atoms with van der Waals surface area (Å²) < 4.78 is 17.2. The third-order valence-corrected chi connectivity index (χ3v) is 6.20. The predicted molar refractivity (Wildman–Crippen MR) is 140 cm³/mol. The number of halogens is 1.